The smallest absolute Gasteiger partial charge is 0.241 e. The standard InChI is InChI=1S/C9H16N4O2/c1-15-4-2-3-11-9(14)7-13-6-8(10)5-12-13/h5-6H,2-4,7,10H2,1H3,(H,11,14). The van der Waals surface area contributed by atoms with Crippen LogP contribution in [0.15, 0.2) is 12.4 Å². The fraction of sp³-hybridized carbons (Fsp3) is 0.556. The number of carbonyl (C=O) groups excluding carboxylic acids is 1. The zero-order valence-electron chi connectivity index (χ0n) is 8.77. The lowest BCUT2D eigenvalue weighted by molar-refractivity contribution is -0.121. The van der Waals surface area contributed by atoms with Gasteiger partial charge in [0.1, 0.15) is 6.54 Å². The number of anilines is 1. The molecule has 0 unspecified atom stereocenters. The van der Waals surface area contributed by atoms with E-state index in [1.165, 1.54) is 10.9 Å². The Hall–Kier alpha value is -1.56. The largest absolute Gasteiger partial charge is 0.396 e. The molecule has 0 fully saturated rings. The van der Waals surface area contributed by atoms with Gasteiger partial charge in [-0.2, -0.15) is 5.10 Å². The fourth-order valence-corrected chi connectivity index (χ4v) is 1.11. The van der Waals surface area contributed by atoms with Crippen LogP contribution in [0.1, 0.15) is 6.42 Å². The normalized spacial score (nSPS) is 10.2. The van der Waals surface area contributed by atoms with Gasteiger partial charge in [0, 0.05) is 26.5 Å². The van der Waals surface area contributed by atoms with Crippen molar-refractivity contribution < 1.29 is 9.53 Å². The van der Waals surface area contributed by atoms with Crippen LogP contribution in [-0.4, -0.2) is 35.9 Å². The fourth-order valence-electron chi connectivity index (χ4n) is 1.11. The van der Waals surface area contributed by atoms with Crippen molar-refractivity contribution in [3.8, 4) is 0 Å². The monoisotopic (exact) mass is 212 g/mol. The Morgan fingerprint density at radius 2 is 2.53 bits per heavy atom. The van der Waals surface area contributed by atoms with Gasteiger partial charge in [-0.25, -0.2) is 0 Å². The van der Waals surface area contributed by atoms with E-state index >= 15 is 0 Å². The van der Waals surface area contributed by atoms with Gasteiger partial charge in [0.25, 0.3) is 0 Å². The zero-order valence-corrected chi connectivity index (χ0v) is 8.77. The third-order valence-electron chi connectivity index (χ3n) is 1.81. The second-order valence-corrected chi connectivity index (χ2v) is 3.17. The molecule has 0 bridgehead atoms. The summed E-state index contributed by atoms with van der Waals surface area (Å²) in [7, 11) is 1.63. The maximum absolute atomic E-state index is 11.3. The number of amides is 1. The molecule has 3 N–H and O–H groups in total. The van der Waals surface area contributed by atoms with Crippen molar-refractivity contribution in [2.45, 2.75) is 13.0 Å². The Labute approximate surface area is 88.4 Å². The third-order valence-corrected chi connectivity index (χ3v) is 1.81. The van der Waals surface area contributed by atoms with Crippen LogP contribution in [0.25, 0.3) is 0 Å². The summed E-state index contributed by atoms with van der Waals surface area (Å²) in [6.45, 7) is 1.46. The number of nitrogen functional groups attached to an aromatic ring is 1. The average molecular weight is 212 g/mol. The molecule has 6 heteroatoms. The van der Waals surface area contributed by atoms with Crippen molar-refractivity contribution in [2.75, 3.05) is 26.0 Å². The Bertz CT molecular complexity index is 311. The molecule has 0 spiro atoms. The molecule has 84 valence electrons. The van der Waals surface area contributed by atoms with Gasteiger partial charge < -0.3 is 15.8 Å². The predicted molar refractivity (Wildman–Crippen MR) is 56.1 cm³/mol. The number of nitrogens with two attached hydrogens (primary N) is 1. The summed E-state index contributed by atoms with van der Waals surface area (Å²) in [4.78, 5) is 11.3. The first kappa shape index (κ1) is 11.5. The number of ether oxygens (including phenoxy) is 1. The molecule has 1 rings (SSSR count). The highest BCUT2D eigenvalue weighted by Crippen LogP contribution is 1.96. The molecule has 0 aliphatic rings. The topological polar surface area (TPSA) is 82.2 Å². The Morgan fingerprint density at radius 3 is 3.13 bits per heavy atom. The highest BCUT2D eigenvalue weighted by Gasteiger charge is 2.02. The quantitative estimate of drug-likeness (QED) is 0.630. The van der Waals surface area contributed by atoms with Gasteiger partial charge in [0.15, 0.2) is 0 Å². The molecule has 1 aromatic heterocycles. The average Bonchev–Trinajstić information content (AvgIpc) is 2.59. The Balaban J connectivity index is 2.18. The number of hydrogen-bond donors (Lipinski definition) is 2. The molecule has 0 aliphatic carbocycles. The molecule has 6 nitrogen and oxygen atoms in total. The molecular weight excluding hydrogens is 196 g/mol. The highest BCUT2D eigenvalue weighted by atomic mass is 16.5. The second-order valence-electron chi connectivity index (χ2n) is 3.17. The highest BCUT2D eigenvalue weighted by molar-refractivity contribution is 5.75. The van der Waals surface area contributed by atoms with Crippen molar-refractivity contribution >= 4 is 11.6 Å². The van der Waals surface area contributed by atoms with E-state index in [0.717, 1.165) is 6.42 Å². The molecule has 0 atom stereocenters. The van der Waals surface area contributed by atoms with Crippen LogP contribution in [0.3, 0.4) is 0 Å². The molecule has 0 aromatic carbocycles. The summed E-state index contributed by atoms with van der Waals surface area (Å²) >= 11 is 0. The van der Waals surface area contributed by atoms with E-state index < -0.39 is 0 Å². The number of nitrogens with zero attached hydrogens (tertiary/aromatic N) is 2. The van der Waals surface area contributed by atoms with E-state index in [2.05, 4.69) is 10.4 Å². The zero-order chi connectivity index (χ0) is 11.1. The first-order valence-corrected chi connectivity index (χ1v) is 4.76. The van der Waals surface area contributed by atoms with Gasteiger partial charge in [-0.15, -0.1) is 0 Å². The summed E-state index contributed by atoms with van der Waals surface area (Å²) in [5.41, 5.74) is 6.02. The summed E-state index contributed by atoms with van der Waals surface area (Å²) in [6.07, 6.45) is 3.94. The van der Waals surface area contributed by atoms with Crippen molar-refractivity contribution in [1.29, 1.82) is 0 Å². The van der Waals surface area contributed by atoms with E-state index in [9.17, 15) is 4.79 Å². The molecule has 15 heavy (non-hydrogen) atoms. The van der Waals surface area contributed by atoms with Gasteiger partial charge in [0.05, 0.1) is 11.9 Å². The first-order chi connectivity index (χ1) is 7.22. The molecular formula is C9H16N4O2. The Kier molecular flexibility index (Phi) is 4.62. The van der Waals surface area contributed by atoms with Crippen LogP contribution in [0.2, 0.25) is 0 Å². The number of aromatic nitrogens is 2. The molecule has 1 aromatic rings. The number of rotatable bonds is 6. The minimum absolute atomic E-state index is 0.0748. The maximum Gasteiger partial charge on any atom is 0.241 e. The lowest BCUT2D eigenvalue weighted by Crippen LogP contribution is -2.29. The first-order valence-electron chi connectivity index (χ1n) is 4.76. The van der Waals surface area contributed by atoms with Gasteiger partial charge in [-0.05, 0) is 6.42 Å². The van der Waals surface area contributed by atoms with Crippen LogP contribution < -0.4 is 11.1 Å². The van der Waals surface area contributed by atoms with E-state index in [0.29, 0.717) is 18.8 Å². The van der Waals surface area contributed by atoms with Crippen molar-refractivity contribution in [3.63, 3.8) is 0 Å². The third kappa shape index (κ3) is 4.46. The van der Waals surface area contributed by atoms with Crippen LogP contribution >= 0.6 is 0 Å². The number of carbonyl (C=O) groups is 1. The number of methoxy groups -OCH3 is 1. The molecule has 0 radical (unpaired) electrons. The van der Waals surface area contributed by atoms with Gasteiger partial charge in [-0.1, -0.05) is 0 Å². The second kappa shape index (κ2) is 6.02. The van der Waals surface area contributed by atoms with Gasteiger partial charge in [-0.3, -0.25) is 9.48 Å². The molecule has 0 saturated heterocycles. The van der Waals surface area contributed by atoms with Gasteiger partial charge in [0.2, 0.25) is 5.91 Å². The summed E-state index contributed by atoms with van der Waals surface area (Å²) in [5, 5.41) is 6.66. The summed E-state index contributed by atoms with van der Waals surface area (Å²) in [6, 6.07) is 0. The Morgan fingerprint density at radius 1 is 1.73 bits per heavy atom. The maximum atomic E-state index is 11.3. The van der Waals surface area contributed by atoms with Crippen molar-refractivity contribution in [1.82, 2.24) is 15.1 Å². The van der Waals surface area contributed by atoms with Crippen molar-refractivity contribution in [2.24, 2.45) is 0 Å². The summed E-state index contributed by atoms with van der Waals surface area (Å²) < 4.78 is 6.36. The summed E-state index contributed by atoms with van der Waals surface area (Å²) in [5.74, 6) is -0.0748. The number of hydrogen-bond acceptors (Lipinski definition) is 4. The minimum atomic E-state index is -0.0748. The molecule has 1 heterocycles. The lowest BCUT2D eigenvalue weighted by Gasteiger charge is -2.04. The van der Waals surface area contributed by atoms with Gasteiger partial charge >= 0.3 is 0 Å². The molecule has 0 aliphatic heterocycles. The predicted octanol–water partition coefficient (Wildman–Crippen LogP) is -0.382. The van der Waals surface area contributed by atoms with E-state index in [-0.39, 0.29) is 12.5 Å². The lowest BCUT2D eigenvalue weighted by atomic mass is 10.4. The van der Waals surface area contributed by atoms with Crippen LogP contribution in [0.5, 0.6) is 0 Å². The van der Waals surface area contributed by atoms with Crippen LogP contribution in [-0.2, 0) is 16.1 Å². The van der Waals surface area contributed by atoms with Crippen molar-refractivity contribution in [3.05, 3.63) is 12.4 Å². The SMILES string of the molecule is COCCCNC(=O)Cn1cc(N)cn1. The van der Waals surface area contributed by atoms with Crippen LogP contribution in [0, 0.1) is 0 Å². The molecule has 0 saturated carbocycles. The van der Waals surface area contributed by atoms with E-state index in [1.54, 1.807) is 13.3 Å². The molecule has 1 amide bonds. The van der Waals surface area contributed by atoms with Crippen LogP contribution in [0.4, 0.5) is 5.69 Å². The van der Waals surface area contributed by atoms with E-state index in [1.807, 2.05) is 0 Å². The van der Waals surface area contributed by atoms with E-state index in [4.69, 9.17) is 10.5 Å². The number of nitrogens with one attached hydrogen (secondary N) is 1. The minimum Gasteiger partial charge on any atom is -0.396 e.